The number of hydrogen-bond acceptors (Lipinski definition) is 8. The normalized spacial score (nSPS) is 14.9. The summed E-state index contributed by atoms with van der Waals surface area (Å²) in [7, 11) is -0.662. The molecule has 0 bridgehead atoms. The summed E-state index contributed by atoms with van der Waals surface area (Å²) in [4.78, 5) is 16.4. The van der Waals surface area contributed by atoms with Gasteiger partial charge in [-0.2, -0.15) is 4.98 Å². The van der Waals surface area contributed by atoms with Crippen molar-refractivity contribution in [3.05, 3.63) is 53.8 Å². The summed E-state index contributed by atoms with van der Waals surface area (Å²) in [6.07, 6.45) is 0. The van der Waals surface area contributed by atoms with Crippen molar-refractivity contribution in [1.29, 1.82) is 0 Å². The molecule has 0 amide bonds. The molecule has 0 unspecified atom stereocenters. The minimum atomic E-state index is -0.662. The fourth-order valence-corrected chi connectivity index (χ4v) is 2.98. The zero-order valence-corrected chi connectivity index (χ0v) is 18.1. The molecule has 0 saturated carbocycles. The molecule has 0 radical (unpaired) electrons. The van der Waals surface area contributed by atoms with E-state index in [4.69, 9.17) is 23.5 Å². The zero-order valence-electron chi connectivity index (χ0n) is 18.1. The number of carbonyl (C=O) groups is 1. The molecular weight excluding hydrogens is 401 g/mol. The van der Waals surface area contributed by atoms with Crippen molar-refractivity contribution < 1.29 is 33.4 Å². The molecule has 8 nitrogen and oxygen atoms in total. The average Bonchev–Trinajstić information content (AvgIpc) is 3.00. The van der Waals surface area contributed by atoms with E-state index in [1.807, 2.05) is 13.8 Å². The van der Waals surface area contributed by atoms with Crippen LogP contribution in [0.3, 0.4) is 0 Å². The Morgan fingerprint density at radius 2 is 2.00 bits per heavy atom. The Kier molecular flexibility index (Phi) is 6.87. The van der Waals surface area contributed by atoms with E-state index in [-0.39, 0.29) is 30.5 Å². The van der Waals surface area contributed by atoms with Gasteiger partial charge >= 0.3 is 13.1 Å². The highest BCUT2D eigenvalue weighted by atomic mass is 16.7. The summed E-state index contributed by atoms with van der Waals surface area (Å²) >= 11 is 0. The van der Waals surface area contributed by atoms with Crippen molar-refractivity contribution >= 4 is 18.6 Å². The largest absolute Gasteiger partial charge is 0.563 e. The van der Waals surface area contributed by atoms with Gasteiger partial charge in [0, 0.05) is 11.5 Å². The van der Waals surface area contributed by atoms with Gasteiger partial charge in [-0.05, 0) is 51.5 Å². The van der Waals surface area contributed by atoms with Crippen LogP contribution in [0.25, 0.3) is 0 Å². The Balaban J connectivity index is 1.83. The highest BCUT2D eigenvalue weighted by Crippen LogP contribution is 2.31. The van der Waals surface area contributed by atoms with Crippen LogP contribution < -0.4 is 14.9 Å². The molecule has 0 spiro atoms. The summed E-state index contributed by atoms with van der Waals surface area (Å²) < 4.78 is 27.9. The molecule has 0 atom stereocenters. The van der Waals surface area contributed by atoms with Crippen molar-refractivity contribution in [2.75, 3.05) is 13.2 Å². The summed E-state index contributed by atoms with van der Waals surface area (Å²) in [5, 5.41) is 9.85. The molecule has 3 rings (SSSR count). The molecule has 0 aliphatic carbocycles. The zero-order chi connectivity index (χ0) is 22.6. The summed E-state index contributed by atoms with van der Waals surface area (Å²) in [6.45, 7) is 11.5. The Bertz CT molecular complexity index is 976. The van der Waals surface area contributed by atoms with E-state index in [2.05, 4.69) is 11.6 Å². The van der Waals surface area contributed by atoms with E-state index in [1.165, 1.54) is 0 Å². The Hall–Kier alpha value is -3.04. The van der Waals surface area contributed by atoms with Gasteiger partial charge in [0.1, 0.15) is 16.9 Å². The van der Waals surface area contributed by atoms with Crippen molar-refractivity contribution in [2.45, 2.75) is 39.9 Å². The van der Waals surface area contributed by atoms with Crippen LogP contribution in [0, 0.1) is 0 Å². The molecule has 1 aromatic heterocycles. The summed E-state index contributed by atoms with van der Waals surface area (Å²) in [5.74, 6) is 0.818. The van der Waals surface area contributed by atoms with E-state index in [9.17, 15) is 9.90 Å². The molecule has 1 N–H and O–H groups in total. The van der Waals surface area contributed by atoms with Gasteiger partial charge in [0.25, 0.3) is 0 Å². The first kappa shape index (κ1) is 22.6. The maximum atomic E-state index is 12.1. The first-order valence-corrected chi connectivity index (χ1v) is 10.0. The van der Waals surface area contributed by atoms with Gasteiger partial charge in [-0.15, -0.1) is 0 Å². The minimum absolute atomic E-state index is 0.131. The number of nitrogens with zero attached hydrogens (tertiary/aromatic N) is 1. The monoisotopic (exact) mass is 427 g/mol. The molecule has 31 heavy (non-hydrogen) atoms. The minimum Gasteiger partial charge on any atom is -0.534 e. The highest BCUT2D eigenvalue weighted by Gasteiger charge is 2.43. The number of ether oxygens (including phenoxy) is 3. The smallest absolute Gasteiger partial charge is 0.534 e. The molecular formula is C22H26BNO7. The first-order valence-electron chi connectivity index (χ1n) is 10.0. The van der Waals surface area contributed by atoms with Crippen molar-refractivity contribution in [2.24, 2.45) is 0 Å². The fraction of sp³-hybridized carbons (Fsp3) is 0.364. The lowest BCUT2D eigenvalue weighted by atomic mass is 9.76. The van der Waals surface area contributed by atoms with Gasteiger partial charge in [-0.3, -0.25) is 0 Å². The summed E-state index contributed by atoms with van der Waals surface area (Å²) in [6, 6.07) is 8.25. The van der Waals surface area contributed by atoms with Gasteiger partial charge in [0.15, 0.2) is 0 Å². The third-order valence-corrected chi connectivity index (χ3v) is 4.69. The van der Waals surface area contributed by atoms with E-state index in [1.54, 1.807) is 44.2 Å². The van der Waals surface area contributed by atoms with E-state index in [0.717, 1.165) is 0 Å². The maximum absolute atomic E-state index is 12.1. The Morgan fingerprint density at radius 1 is 1.23 bits per heavy atom. The second-order valence-electron chi connectivity index (χ2n) is 7.28. The van der Waals surface area contributed by atoms with E-state index < -0.39 is 18.7 Å². The molecule has 1 saturated heterocycles. The van der Waals surface area contributed by atoms with Crippen LogP contribution in [0.15, 0.2) is 42.7 Å². The third-order valence-electron chi connectivity index (χ3n) is 4.69. The van der Waals surface area contributed by atoms with Gasteiger partial charge < -0.3 is 28.6 Å². The number of aliphatic hydroxyl groups excluding tert-OH is 1. The number of aliphatic hydroxyl groups is 1. The van der Waals surface area contributed by atoms with Crippen LogP contribution in [-0.4, -0.2) is 42.0 Å². The number of carbonyl (C=O) groups excluding carboxylic acids is 1. The Morgan fingerprint density at radius 3 is 2.61 bits per heavy atom. The predicted octanol–water partition coefficient (Wildman–Crippen LogP) is 2.98. The van der Waals surface area contributed by atoms with Crippen molar-refractivity contribution in [3.8, 4) is 17.5 Å². The number of pyridine rings is 1. The quantitative estimate of drug-likeness (QED) is 0.508. The first-order chi connectivity index (χ1) is 14.8. The van der Waals surface area contributed by atoms with Crippen LogP contribution in [0.5, 0.6) is 17.5 Å². The lowest BCUT2D eigenvalue weighted by molar-refractivity contribution is 0.0520. The molecule has 2 heterocycles. The predicted molar refractivity (Wildman–Crippen MR) is 115 cm³/mol. The van der Waals surface area contributed by atoms with Crippen LogP contribution in [0.1, 0.15) is 43.6 Å². The molecule has 2 aromatic rings. The SMILES string of the molecule is C=C1OB(c2ccc(Oc3ccc(C(=O)OCC)c(OCC)n3)cc2CO)OC1(C)C. The Labute approximate surface area is 181 Å². The maximum Gasteiger partial charge on any atom is 0.563 e. The average molecular weight is 427 g/mol. The standard InChI is InChI=1S/C22H26BNO7/c1-6-27-20-17(21(26)28-7-2)9-11-19(24-20)29-16-8-10-18(15(12-16)13-25)23-30-14(3)22(4,5)31-23/h8-12,25H,3,6-7,13H2,1-2,4-5H3. The van der Waals surface area contributed by atoms with Gasteiger partial charge in [0.05, 0.1) is 25.6 Å². The summed E-state index contributed by atoms with van der Waals surface area (Å²) in [5.41, 5.74) is 0.872. The van der Waals surface area contributed by atoms with Gasteiger partial charge in [-0.1, -0.05) is 12.6 Å². The highest BCUT2D eigenvalue weighted by molar-refractivity contribution is 6.62. The van der Waals surface area contributed by atoms with Gasteiger partial charge in [0.2, 0.25) is 11.8 Å². The third kappa shape index (κ3) is 5.00. The second-order valence-corrected chi connectivity index (χ2v) is 7.28. The van der Waals surface area contributed by atoms with Crippen molar-refractivity contribution in [3.63, 3.8) is 0 Å². The van der Waals surface area contributed by atoms with Crippen LogP contribution in [-0.2, 0) is 20.7 Å². The molecule has 1 aliphatic heterocycles. The van der Waals surface area contributed by atoms with Crippen molar-refractivity contribution in [1.82, 2.24) is 4.98 Å². The van der Waals surface area contributed by atoms with Gasteiger partial charge in [-0.25, -0.2) is 4.79 Å². The van der Waals surface area contributed by atoms with Crippen LogP contribution >= 0.6 is 0 Å². The van der Waals surface area contributed by atoms with Crippen LogP contribution in [0.4, 0.5) is 0 Å². The van der Waals surface area contributed by atoms with E-state index in [0.29, 0.717) is 29.1 Å². The van der Waals surface area contributed by atoms with Crippen LogP contribution in [0.2, 0.25) is 0 Å². The molecule has 1 fully saturated rings. The number of hydrogen-bond donors (Lipinski definition) is 1. The number of esters is 1. The second kappa shape index (κ2) is 9.41. The lowest BCUT2D eigenvalue weighted by Gasteiger charge is -2.16. The fourth-order valence-electron chi connectivity index (χ4n) is 2.98. The number of benzene rings is 1. The number of aromatic nitrogens is 1. The lowest BCUT2D eigenvalue weighted by Crippen LogP contribution is -2.36. The molecule has 1 aliphatic rings. The molecule has 9 heteroatoms. The topological polar surface area (TPSA) is 96.3 Å². The molecule has 1 aromatic carbocycles. The number of rotatable bonds is 8. The van der Waals surface area contributed by atoms with E-state index >= 15 is 0 Å². The molecule has 164 valence electrons.